The molecule has 3 rings (SSSR count). The molecular formula is C19H19N3O3S2. The maximum absolute atomic E-state index is 12.6. The fraction of sp³-hybridized carbons (Fsp3) is 0.263. The van der Waals surface area contributed by atoms with Crippen molar-refractivity contribution in [2.45, 2.75) is 24.8 Å². The number of thioether (sulfide) groups is 1. The highest BCUT2D eigenvalue weighted by Gasteiger charge is 2.18. The van der Waals surface area contributed by atoms with Crippen molar-refractivity contribution >= 4 is 45.7 Å². The highest BCUT2D eigenvalue weighted by Crippen LogP contribution is 2.30. The molecule has 0 spiro atoms. The molecule has 0 radical (unpaired) electrons. The second-order valence-corrected chi connectivity index (χ2v) is 8.08. The molecule has 2 heterocycles. The molecule has 0 aliphatic heterocycles. The third-order valence-corrected chi connectivity index (χ3v) is 6.38. The molecule has 140 valence electrons. The van der Waals surface area contributed by atoms with Crippen molar-refractivity contribution in [3.05, 3.63) is 45.9 Å². The number of nitrogens with zero attached hydrogens (tertiary/aromatic N) is 2. The topological polar surface area (TPSA) is 95.2 Å². The van der Waals surface area contributed by atoms with Crippen molar-refractivity contribution in [2.24, 2.45) is 5.73 Å². The van der Waals surface area contributed by atoms with E-state index in [9.17, 15) is 9.59 Å². The van der Waals surface area contributed by atoms with Gasteiger partial charge in [-0.25, -0.2) is 9.97 Å². The molecule has 0 aliphatic carbocycles. The molecule has 0 aliphatic rings. The predicted molar refractivity (Wildman–Crippen MR) is 108 cm³/mol. The predicted octanol–water partition coefficient (Wildman–Crippen LogP) is 3.57. The van der Waals surface area contributed by atoms with E-state index in [1.165, 1.54) is 23.1 Å². The van der Waals surface area contributed by atoms with Crippen LogP contribution in [0.2, 0.25) is 0 Å². The number of hydrogen-bond acceptors (Lipinski definition) is 7. The van der Waals surface area contributed by atoms with Crippen LogP contribution in [-0.4, -0.2) is 34.5 Å². The van der Waals surface area contributed by atoms with E-state index in [2.05, 4.69) is 9.97 Å². The summed E-state index contributed by atoms with van der Waals surface area (Å²) in [6.07, 6.45) is 0. The minimum Gasteiger partial charge on any atom is -0.497 e. The van der Waals surface area contributed by atoms with Gasteiger partial charge in [0.25, 0.3) is 0 Å². The number of carbonyl (C=O) groups excluding carboxylic acids is 2. The number of primary amides is 1. The Bertz CT molecular complexity index is 1020. The van der Waals surface area contributed by atoms with Crippen LogP contribution in [0, 0.1) is 6.92 Å². The van der Waals surface area contributed by atoms with Crippen LogP contribution in [0.1, 0.15) is 33.2 Å². The Kier molecular flexibility index (Phi) is 5.76. The second-order valence-electron chi connectivity index (χ2n) is 6.00. The third-order valence-electron chi connectivity index (χ3n) is 4.07. The smallest absolute Gasteiger partial charge is 0.225 e. The maximum Gasteiger partial charge on any atom is 0.225 e. The minimum atomic E-state index is -0.401. The zero-order chi connectivity index (χ0) is 19.6. The molecule has 0 bridgehead atoms. The summed E-state index contributed by atoms with van der Waals surface area (Å²) >= 11 is 2.68. The summed E-state index contributed by atoms with van der Waals surface area (Å²) in [7, 11) is 1.61. The normalized spacial score (nSPS) is 12.1. The number of hydrogen-bond donors (Lipinski definition) is 1. The lowest BCUT2D eigenvalue weighted by Gasteiger charge is -2.08. The van der Waals surface area contributed by atoms with E-state index in [0.29, 0.717) is 16.5 Å². The summed E-state index contributed by atoms with van der Waals surface area (Å²) < 4.78 is 5.28. The number of Topliss-reactive ketones (excluding diaryl/α,β-unsaturated/α-hetero) is 1. The van der Waals surface area contributed by atoms with Crippen molar-refractivity contribution < 1.29 is 14.3 Å². The van der Waals surface area contributed by atoms with Crippen LogP contribution >= 0.6 is 23.1 Å². The van der Waals surface area contributed by atoms with Gasteiger partial charge >= 0.3 is 0 Å². The summed E-state index contributed by atoms with van der Waals surface area (Å²) in [4.78, 5) is 34.2. The van der Waals surface area contributed by atoms with Gasteiger partial charge in [-0.1, -0.05) is 11.8 Å². The first-order valence-electron chi connectivity index (χ1n) is 8.26. The van der Waals surface area contributed by atoms with Crippen molar-refractivity contribution in [3.8, 4) is 5.75 Å². The zero-order valence-electron chi connectivity index (χ0n) is 15.2. The van der Waals surface area contributed by atoms with Crippen molar-refractivity contribution in [1.82, 2.24) is 9.97 Å². The maximum atomic E-state index is 12.6. The molecule has 6 nitrogen and oxygen atoms in total. The number of aryl methyl sites for hydroxylation is 1. The minimum absolute atomic E-state index is 0.0137. The number of ether oxygens (including phenoxy) is 1. The van der Waals surface area contributed by atoms with Crippen molar-refractivity contribution in [2.75, 3.05) is 12.9 Å². The first-order chi connectivity index (χ1) is 12.9. The number of thiophene rings is 1. The van der Waals surface area contributed by atoms with Gasteiger partial charge in [-0.3, -0.25) is 9.59 Å². The van der Waals surface area contributed by atoms with Crippen LogP contribution in [0.15, 0.2) is 35.4 Å². The number of aromatic nitrogens is 2. The number of benzene rings is 1. The zero-order valence-corrected chi connectivity index (χ0v) is 16.8. The van der Waals surface area contributed by atoms with E-state index < -0.39 is 11.8 Å². The van der Waals surface area contributed by atoms with Gasteiger partial charge in [0, 0.05) is 10.3 Å². The first-order valence-corrected chi connectivity index (χ1v) is 10.1. The van der Waals surface area contributed by atoms with Crippen molar-refractivity contribution in [3.63, 3.8) is 0 Å². The van der Waals surface area contributed by atoms with Crippen LogP contribution in [0.4, 0.5) is 0 Å². The van der Waals surface area contributed by atoms with E-state index in [-0.39, 0.29) is 11.5 Å². The highest BCUT2D eigenvalue weighted by atomic mass is 32.2. The molecule has 3 aromatic rings. The van der Waals surface area contributed by atoms with Gasteiger partial charge in [-0.15, -0.1) is 11.3 Å². The Balaban J connectivity index is 1.80. The third kappa shape index (κ3) is 4.28. The molecule has 1 atom stereocenters. The summed E-state index contributed by atoms with van der Waals surface area (Å²) in [6, 6.07) is 9.13. The molecule has 0 unspecified atom stereocenters. The molecule has 0 saturated carbocycles. The monoisotopic (exact) mass is 401 g/mol. The number of ketones is 1. The number of carbonyl (C=O) groups is 2. The molecule has 8 heteroatoms. The summed E-state index contributed by atoms with van der Waals surface area (Å²) in [6.45, 7) is 3.56. The fourth-order valence-corrected chi connectivity index (χ4v) is 4.54. The van der Waals surface area contributed by atoms with Gasteiger partial charge < -0.3 is 10.5 Å². The standard InChI is InChI=1S/C19H19N3O3S2/c1-10(18(20)24)16-6-7-17(27-16)15(23)9-26-19-13-8-12(25-3)4-5-14(13)21-11(2)22-19/h4-8,10H,9H2,1-3H3,(H2,20,24)/t10-/m0/s1. The molecular weight excluding hydrogens is 382 g/mol. The van der Waals surface area contributed by atoms with E-state index in [0.717, 1.165) is 20.8 Å². The van der Waals surface area contributed by atoms with Crippen molar-refractivity contribution in [1.29, 1.82) is 0 Å². The quantitative estimate of drug-likeness (QED) is 0.369. The highest BCUT2D eigenvalue weighted by molar-refractivity contribution is 8.00. The summed E-state index contributed by atoms with van der Waals surface area (Å²) in [5.74, 6) is 0.795. The first kappa shape index (κ1) is 19.3. The molecule has 2 aromatic heterocycles. The largest absolute Gasteiger partial charge is 0.497 e. The number of nitrogens with two attached hydrogens (primary N) is 1. The van der Waals surface area contributed by atoms with Gasteiger partial charge in [0.1, 0.15) is 16.6 Å². The van der Waals surface area contributed by atoms with Gasteiger partial charge in [0.15, 0.2) is 5.78 Å². The molecule has 27 heavy (non-hydrogen) atoms. The Hall–Kier alpha value is -2.45. The Morgan fingerprint density at radius 2 is 2.04 bits per heavy atom. The number of amides is 1. The van der Waals surface area contributed by atoms with Crippen LogP contribution in [0.25, 0.3) is 10.9 Å². The van der Waals surface area contributed by atoms with E-state index in [1.807, 2.05) is 25.1 Å². The number of methoxy groups -OCH3 is 1. The van der Waals surface area contributed by atoms with Gasteiger partial charge in [-0.05, 0) is 44.2 Å². The molecule has 0 saturated heterocycles. The van der Waals surface area contributed by atoms with Gasteiger partial charge in [-0.2, -0.15) is 0 Å². The van der Waals surface area contributed by atoms with Crippen LogP contribution < -0.4 is 10.5 Å². The average Bonchev–Trinajstić information content (AvgIpc) is 3.14. The van der Waals surface area contributed by atoms with E-state index in [1.54, 1.807) is 26.2 Å². The Morgan fingerprint density at radius 1 is 1.26 bits per heavy atom. The Labute approximate surface area is 165 Å². The lowest BCUT2D eigenvalue weighted by Crippen LogP contribution is -2.17. The van der Waals surface area contributed by atoms with Gasteiger partial charge in [0.2, 0.25) is 5.91 Å². The van der Waals surface area contributed by atoms with E-state index in [4.69, 9.17) is 10.5 Å². The second kappa shape index (κ2) is 8.06. The van der Waals surface area contributed by atoms with Crippen LogP contribution in [0.3, 0.4) is 0 Å². The van der Waals surface area contributed by atoms with E-state index >= 15 is 0 Å². The molecule has 1 amide bonds. The molecule has 0 fully saturated rings. The molecule has 1 aromatic carbocycles. The lowest BCUT2D eigenvalue weighted by atomic mass is 10.1. The van der Waals surface area contributed by atoms with Crippen LogP contribution in [-0.2, 0) is 4.79 Å². The summed E-state index contributed by atoms with van der Waals surface area (Å²) in [5.41, 5.74) is 6.14. The number of fused-ring (bicyclic) bond motifs is 1. The van der Waals surface area contributed by atoms with Crippen LogP contribution in [0.5, 0.6) is 5.75 Å². The van der Waals surface area contributed by atoms with Gasteiger partial charge in [0.05, 0.1) is 29.2 Å². The average molecular weight is 402 g/mol. The summed E-state index contributed by atoms with van der Waals surface area (Å²) in [5, 5.41) is 1.60. The SMILES string of the molecule is COc1ccc2nc(C)nc(SCC(=O)c3ccc([C@H](C)C(N)=O)s3)c2c1. The lowest BCUT2D eigenvalue weighted by molar-refractivity contribution is -0.119. The molecule has 2 N–H and O–H groups in total. The Morgan fingerprint density at radius 3 is 2.74 bits per heavy atom. The fourth-order valence-electron chi connectivity index (χ4n) is 2.51. The number of rotatable bonds is 7.